The molecular formula is C17H16BrClN2O3. The quantitative estimate of drug-likeness (QED) is 0.578. The van der Waals surface area contributed by atoms with Crippen molar-refractivity contribution < 1.29 is 14.6 Å². The summed E-state index contributed by atoms with van der Waals surface area (Å²) in [5.41, 5.74) is 4.61. The summed E-state index contributed by atoms with van der Waals surface area (Å²) in [6, 6.07) is 8.38. The normalized spacial score (nSPS) is 10.8. The Bertz CT molecular complexity index is 770. The zero-order chi connectivity index (χ0) is 17.7. The van der Waals surface area contributed by atoms with E-state index in [0.717, 1.165) is 15.6 Å². The number of aromatic hydroxyl groups is 1. The average Bonchev–Trinajstić information content (AvgIpc) is 2.49. The van der Waals surface area contributed by atoms with Gasteiger partial charge in [0.15, 0.2) is 6.61 Å². The number of phenols is 1. The molecule has 0 aliphatic carbocycles. The minimum atomic E-state index is -0.408. The fourth-order valence-electron chi connectivity index (χ4n) is 2.10. The first-order chi connectivity index (χ1) is 11.4. The summed E-state index contributed by atoms with van der Waals surface area (Å²) < 4.78 is 6.51. The van der Waals surface area contributed by atoms with E-state index in [1.54, 1.807) is 6.07 Å². The fourth-order valence-corrected chi connectivity index (χ4v) is 2.96. The number of aryl methyl sites for hydroxylation is 2. The van der Waals surface area contributed by atoms with Gasteiger partial charge in [-0.15, -0.1) is 0 Å². The molecule has 1 amide bonds. The van der Waals surface area contributed by atoms with Gasteiger partial charge in [-0.2, -0.15) is 5.10 Å². The zero-order valence-electron chi connectivity index (χ0n) is 13.1. The van der Waals surface area contributed by atoms with Crippen LogP contribution in [0.25, 0.3) is 0 Å². The van der Waals surface area contributed by atoms with Gasteiger partial charge in [-0.25, -0.2) is 5.43 Å². The fraction of sp³-hybridized carbons (Fsp3) is 0.176. The second kappa shape index (κ2) is 8.17. The topological polar surface area (TPSA) is 70.9 Å². The smallest absolute Gasteiger partial charge is 0.277 e. The minimum Gasteiger partial charge on any atom is -0.507 e. The molecule has 5 nitrogen and oxygen atoms in total. The van der Waals surface area contributed by atoms with Crippen LogP contribution in [0.4, 0.5) is 0 Å². The van der Waals surface area contributed by atoms with E-state index in [9.17, 15) is 9.90 Å². The highest BCUT2D eigenvalue weighted by atomic mass is 79.9. The molecule has 0 fully saturated rings. The standard InChI is InChI=1S/C17H16BrClN2O3/c1-10-5-13(18)6-11(2)17(10)24-9-16(23)21-20-8-12-7-14(19)3-4-15(12)22/h3-8,22H,9H2,1-2H3,(H,21,23). The highest BCUT2D eigenvalue weighted by Gasteiger charge is 2.08. The van der Waals surface area contributed by atoms with Gasteiger partial charge in [-0.1, -0.05) is 27.5 Å². The lowest BCUT2D eigenvalue weighted by atomic mass is 10.1. The van der Waals surface area contributed by atoms with Crippen LogP contribution in [-0.2, 0) is 4.79 Å². The van der Waals surface area contributed by atoms with Gasteiger partial charge in [-0.3, -0.25) is 4.79 Å². The Kier molecular flexibility index (Phi) is 6.23. The second-order valence-electron chi connectivity index (χ2n) is 5.15. The number of hydrazone groups is 1. The molecule has 0 saturated heterocycles. The summed E-state index contributed by atoms with van der Waals surface area (Å²) in [5, 5.41) is 13.9. The molecule has 0 unspecified atom stereocenters. The number of hydrogen-bond acceptors (Lipinski definition) is 4. The largest absolute Gasteiger partial charge is 0.507 e. The summed E-state index contributed by atoms with van der Waals surface area (Å²) in [6.07, 6.45) is 1.31. The van der Waals surface area contributed by atoms with E-state index < -0.39 is 5.91 Å². The molecule has 0 bridgehead atoms. The van der Waals surface area contributed by atoms with Crippen molar-refractivity contribution in [2.75, 3.05) is 6.61 Å². The lowest BCUT2D eigenvalue weighted by molar-refractivity contribution is -0.123. The van der Waals surface area contributed by atoms with Crippen molar-refractivity contribution in [3.8, 4) is 11.5 Å². The van der Waals surface area contributed by atoms with Crippen molar-refractivity contribution >= 4 is 39.7 Å². The Morgan fingerprint density at radius 3 is 2.67 bits per heavy atom. The molecule has 2 aromatic rings. The summed E-state index contributed by atoms with van der Waals surface area (Å²) in [7, 11) is 0. The molecule has 0 aliphatic heterocycles. The predicted molar refractivity (Wildman–Crippen MR) is 98.0 cm³/mol. The number of halogens is 2. The molecule has 0 saturated carbocycles. The number of carbonyl (C=O) groups is 1. The highest BCUT2D eigenvalue weighted by molar-refractivity contribution is 9.10. The van der Waals surface area contributed by atoms with Crippen molar-refractivity contribution in [2.24, 2.45) is 5.10 Å². The van der Waals surface area contributed by atoms with E-state index in [1.165, 1.54) is 18.3 Å². The lowest BCUT2D eigenvalue weighted by Gasteiger charge is -2.11. The van der Waals surface area contributed by atoms with E-state index in [4.69, 9.17) is 16.3 Å². The molecule has 0 aliphatic rings. The Labute approximate surface area is 153 Å². The third kappa shape index (κ3) is 4.97. The molecule has 126 valence electrons. The second-order valence-corrected chi connectivity index (χ2v) is 6.51. The Morgan fingerprint density at radius 2 is 2.00 bits per heavy atom. The maximum absolute atomic E-state index is 11.8. The van der Waals surface area contributed by atoms with E-state index in [0.29, 0.717) is 16.3 Å². The first-order valence-electron chi connectivity index (χ1n) is 7.07. The van der Waals surface area contributed by atoms with Crippen LogP contribution in [0.2, 0.25) is 5.02 Å². The van der Waals surface area contributed by atoms with Gasteiger partial charge in [0.2, 0.25) is 0 Å². The number of ether oxygens (including phenoxy) is 1. The molecule has 24 heavy (non-hydrogen) atoms. The molecule has 7 heteroatoms. The third-order valence-corrected chi connectivity index (χ3v) is 3.85. The van der Waals surface area contributed by atoms with Crippen molar-refractivity contribution in [2.45, 2.75) is 13.8 Å². The summed E-state index contributed by atoms with van der Waals surface area (Å²) in [4.78, 5) is 11.8. The molecule has 0 heterocycles. The minimum absolute atomic E-state index is 0.0229. The number of hydrogen-bond donors (Lipinski definition) is 2. The first kappa shape index (κ1) is 18.3. The Morgan fingerprint density at radius 1 is 1.33 bits per heavy atom. The number of phenolic OH excluding ortho intramolecular Hbond substituents is 1. The first-order valence-corrected chi connectivity index (χ1v) is 8.24. The maximum atomic E-state index is 11.8. The SMILES string of the molecule is Cc1cc(Br)cc(C)c1OCC(=O)NN=Cc1cc(Cl)ccc1O. The third-order valence-electron chi connectivity index (χ3n) is 3.16. The van der Waals surface area contributed by atoms with Gasteiger partial charge in [0.1, 0.15) is 11.5 Å². The zero-order valence-corrected chi connectivity index (χ0v) is 15.5. The molecule has 0 spiro atoms. The molecule has 2 rings (SSSR count). The van der Waals surface area contributed by atoms with E-state index >= 15 is 0 Å². The monoisotopic (exact) mass is 410 g/mol. The van der Waals surface area contributed by atoms with Crippen LogP contribution in [0.1, 0.15) is 16.7 Å². The Hall–Kier alpha value is -2.05. The number of rotatable bonds is 5. The maximum Gasteiger partial charge on any atom is 0.277 e. The molecule has 0 radical (unpaired) electrons. The van der Waals surface area contributed by atoms with Gasteiger partial charge >= 0.3 is 0 Å². The predicted octanol–water partition coefficient (Wildman–Crippen LogP) is 3.95. The van der Waals surface area contributed by atoms with Crippen molar-refractivity contribution in [1.29, 1.82) is 0 Å². The van der Waals surface area contributed by atoms with Gasteiger partial charge in [-0.05, 0) is 55.3 Å². The molecular weight excluding hydrogens is 396 g/mol. The summed E-state index contributed by atoms with van der Waals surface area (Å²) in [5.74, 6) is 0.286. The van der Waals surface area contributed by atoms with Crippen LogP contribution in [-0.4, -0.2) is 23.8 Å². The van der Waals surface area contributed by atoms with Crippen LogP contribution in [0.3, 0.4) is 0 Å². The number of nitrogens with one attached hydrogen (secondary N) is 1. The van der Waals surface area contributed by atoms with Crippen LogP contribution < -0.4 is 10.2 Å². The van der Waals surface area contributed by atoms with E-state index in [1.807, 2.05) is 26.0 Å². The van der Waals surface area contributed by atoms with Gasteiger partial charge in [0, 0.05) is 15.1 Å². The van der Waals surface area contributed by atoms with Crippen LogP contribution in [0.15, 0.2) is 39.9 Å². The number of benzene rings is 2. The van der Waals surface area contributed by atoms with Gasteiger partial charge in [0.05, 0.1) is 6.21 Å². The summed E-state index contributed by atoms with van der Waals surface area (Å²) >= 11 is 9.24. The van der Waals surface area contributed by atoms with Crippen molar-refractivity contribution in [3.05, 3.63) is 56.5 Å². The molecule has 0 aromatic heterocycles. The number of carbonyl (C=O) groups excluding carboxylic acids is 1. The van der Waals surface area contributed by atoms with Crippen molar-refractivity contribution in [1.82, 2.24) is 5.43 Å². The van der Waals surface area contributed by atoms with Crippen molar-refractivity contribution in [3.63, 3.8) is 0 Å². The van der Waals surface area contributed by atoms with Gasteiger partial charge in [0.25, 0.3) is 5.91 Å². The summed E-state index contributed by atoms with van der Waals surface area (Å²) in [6.45, 7) is 3.65. The lowest BCUT2D eigenvalue weighted by Crippen LogP contribution is -2.25. The number of nitrogens with zero attached hydrogens (tertiary/aromatic N) is 1. The van der Waals surface area contributed by atoms with Crippen LogP contribution >= 0.6 is 27.5 Å². The highest BCUT2D eigenvalue weighted by Crippen LogP contribution is 2.27. The van der Waals surface area contributed by atoms with Gasteiger partial charge < -0.3 is 9.84 Å². The number of amides is 1. The molecule has 2 N–H and O–H groups in total. The van der Waals surface area contributed by atoms with E-state index in [-0.39, 0.29) is 12.4 Å². The van der Waals surface area contributed by atoms with Crippen LogP contribution in [0.5, 0.6) is 11.5 Å². The average molecular weight is 412 g/mol. The Balaban J connectivity index is 1.92. The van der Waals surface area contributed by atoms with Crippen LogP contribution in [0, 0.1) is 13.8 Å². The molecule has 0 atom stereocenters. The van der Waals surface area contributed by atoms with E-state index in [2.05, 4.69) is 26.5 Å². The molecule has 2 aromatic carbocycles.